The Morgan fingerprint density at radius 1 is 0.837 bits per heavy atom. The smallest absolute Gasteiger partial charge is 0.315 e. The summed E-state index contributed by atoms with van der Waals surface area (Å²) in [5.74, 6) is 2.57. The molecule has 0 aromatic heterocycles. The number of ether oxygens (including phenoxy) is 2. The zero-order valence-corrected chi connectivity index (χ0v) is 29.0. The first-order chi connectivity index (χ1) is 23.9. The van der Waals surface area contributed by atoms with Crippen molar-refractivity contribution < 1.29 is 19.4 Å². The van der Waals surface area contributed by atoms with Gasteiger partial charge < -0.3 is 30.1 Å². The van der Waals surface area contributed by atoms with Gasteiger partial charge in [-0.05, 0) is 110 Å². The first-order valence-corrected chi connectivity index (χ1v) is 18.9. The molecule has 260 valence electrons. The third kappa shape index (κ3) is 7.18. The minimum Gasteiger partial charge on any atom is -0.392 e. The van der Waals surface area contributed by atoms with Gasteiger partial charge in [0.15, 0.2) is 6.29 Å². The second kappa shape index (κ2) is 14.2. The molecule has 7 nitrogen and oxygen atoms in total. The number of aliphatic hydroxyl groups is 1. The zero-order valence-electron chi connectivity index (χ0n) is 29.0. The largest absolute Gasteiger partial charge is 0.392 e. The molecule has 2 amide bonds. The van der Waals surface area contributed by atoms with Crippen LogP contribution in [0.5, 0.6) is 0 Å². The number of carbonyl (C=O) groups is 1. The predicted octanol–water partition coefficient (Wildman–Crippen LogP) is 7.89. The molecule has 4 saturated carbocycles. The molecule has 3 N–H and O–H groups in total. The zero-order chi connectivity index (χ0) is 33.4. The summed E-state index contributed by atoms with van der Waals surface area (Å²) in [7, 11) is 0. The maximum atomic E-state index is 13.2. The molecule has 2 saturated heterocycles. The summed E-state index contributed by atoms with van der Waals surface area (Å²) in [4.78, 5) is 15.8. The SMILES string of the molecule is C[C@@H]1[C@H](CN2CCCCC2)O[C@H](c2ccc(-c3ccccc3CNC(=O)NC34CC5CC(CC(C5)C3)C4)cc2)O[C@@H]1c1ccc(CO)cc1. The van der Waals surface area contributed by atoms with E-state index in [-0.39, 0.29) is 36.3 Å². The molecule has 9 rings (SSSR count). The van der Waals surface area contributed by atoms with Crippen LogP contribution in [-0.2, 0) is 22.6 Å². The summed E-state index contributed by atoms with van der Waals surface area (Å²) in [6.07, 6.45) is 10.8. The molecule has 6 aliphatic rings. The van der Waals surface area contributed by atoms with Gasteiger partial charge in [0.25, 0.3) is 0 Å². The molecule has 3 aromatic carbocycles. The van der Waals surface area contributed by atoms with E-state index in [1.165, 1.54) is 38.5 Å². The molecule has 0 unspecified atom stereocenters. The summed E-state index contributed by atoms with van der Waals surface area (Å²) in [6, 6.07) is 25.0. The van der Waals surface area contributed by atoms with Crippen LogP contribution in [0.25, 0.3) is 11.1 Å². The number of piperidine rings is 1. The molecule has 7 heteroatoms. The second-order valence-electron chi connectivity index (χ2n) is 16.0. The maximum absolute atomic E-state index is 13.2. The first-order valence-electron chi connectivity index (χ1n) is 18.9. The van der Waals surface area contributed by atoms with Crippen LogP contribution in [0.3, 0.4) is 0 Å². The molecule has 4 atom stereocenters. The number of rotatable bonds is 9. The first kappa shape index (κ1) is 32.9. The van der Waals surface area contributed by atoms with Crippen molar-refractivity contribution in [1.82, 2.24) is 15.5 Å². The minimum atomic E-state index is -0.479. The van der Waals surface area contributed by atoms with E-state index in [1.54, 1.807) is 0 Å². The summed E-state index contributed by atoms with van der Waals surface area (Å²) in [5, 5.41) is 16.3. The molecular formula is C42H53N3O4. The quantitative estimate of drug-likeness (QED) is 0.217. The van der Waals surface area contributed by atoms with Crippen molar-refractivity contribution >= 4 is 6.03 Å². The summed E-state index contributed by atoms with van der Waals surface area (Å²) in [6.45, 7) is 5.92. The fraction of sp³-hybridized carbons (Fsp3) is 0.548. The van der Waals surface area contributed by atoms with E-state index in [0.29, 0.717) is 6.54 Å². The van der Waals surface area contributed by atoms with Crippen LogP contribution in [-0.4, -0.2) is 47.3 Å². The monoisotopic (exact) mass is 663 g/mol. The number of benzene rings is 3. The lowest BCUT2D eigenvalue weighted by Gasteiger charge is -2.56. The minimum absolute atomic E-state index is 0.00388. The van der Waals surface area contributed by atoms with Crippen molar-refractivity contribution in [1.29, 1.82) is 0 Å². The van der Waals surface area contributed by atoms with E-state index in [4.69, 9.17) is 9.47 Å². The lowest BCUT2D eigenvalue weighted by Crippen LogP contribution is -2.61. The highest BCUT2D eigenvalue weighted by Crippen LogP contribution is 2.55. The highest BCUT2D eigenvalue weighted by atomic mass is 16.7. The molecule has 6 fully saturated rings. The van der Waals surface area contributed by atoms with E-state index in [1.807, 2.05) is 18.2 Å². The molecule has 4 aliphatic carbocycles. The lowest BCUT2D eigenvalue weighted by atomic mass is 9.53. The van der Waals surface area contributed by atoms with Crippen molar-refractivity contribution in [2.75, 3.05) is 19.6 Å². The molecule has 49 heavy (non-hydrogen) atoms. The van der Waals surface area contributed by atoms with Crippen LogP contribution in [0, 0.1) is 23.7 Å². The number of aliphatic hydroxyl groups excluding tert-OH is 1. The van der Waals surface area contributed by atoms with E-state index >= 15 is 0 Å². The van der Waals surface area contributed by atoms with Crippen molar-refractivity contribution in [2.45, 2.75) is 102 Å². The van der Waals surface area contributed by atoms with Gasteiger partial charge >= 0.3 is 6.03 Å². The number of nitrogens with zero attached hydrogens (tertiary/aromatic N) is 1. The van der Waals surface area contributed by atoms with Gasteiger partial charge in [-0.25, -0.2) is 4.79 Å². The molecule has 2 heterocycles. The summed E-state index contributed by atoms with van der Waals surface area (Å²) < 4.78 is 13.5. The molecular weight excluding hydrogens is 610 g/mol. The van der Waals surface area contributed by atoms with Gasteiger partial charge in [-0.1, -0.05) is 86.1 Å². The van der Waals surface area contributed by atoms with Crippen LogP contribution >= 0.6 is 0 Å². The van der Waals surface area contributed by atoms with Crippen LogP contribution in [0.15, 0.2) is 72.8 Å². The van der Waals surface area contributed by atoms with Gasteiger partial charge in [-0.15, -0.1) is 0 Å². The maximum Gasteiger partial charge on any atom is 0.315 e. The van der Waals surface area contributed by atoms with E-state index in [2.05, 4.69) is 77.1 Å². The van der Waals surface area contributed by atoms with Crippen molar-refractivity contribution in [3.05, 3.63) is 95.1 Å². The van der Waals surface area contributed by atoms with Crippen LogP contribution in [0.1, 0.15) is 99.4 Å². The standard InChI is InChI=1S/C42H53N3O4/c1-28-38(26-45-17-5-2-6-18-45)48-40(49-39(28)34-11-9-29(27-46)10-12-34)35-15-13-33(14-16-35)37-8-4-3-7-36(37)25-43-41(47)44-42-22-30-19-31(23-42)21-32(20-30)24-42/h3-4,7-16,28,30-32,38-40,46H,2,5-6,17-27H2,1H3,(H2,43,44,47)/t28-,30?,31?,32?,38+,39+,40+,42?/m1/s1. The van der Waals surface area contributed by atoms with Crippen molar-refractivity contribution in [3.8, 4) is 11.1 Å². The second-order valence-corrected chi connectivity index (χ2v) is 16.0. The fourth-order valence-corrected chi connectivity index (χ4v) is 10.2. The Labute approximate surface area is 291 Å². The predicted molar refractivity (Wildman–Crippen MR) is 191 cm³/mol. The molecule has 3 aromatic rings. The number of hydrogen-bond donors (Lipinski definition) is 3. The van der Waals surface area contributed by atoms with E-state index in [0.717, 1.165) is 90.0 Å². The Morgan fingerprint density at radius 2 is 1.49 bits per heavy atom. The molecule has 0 radical (unpaired) electrons. The van der Waals surface area contributed by atoms with Crippen LogP contribution < -0.4 is 10.6 Å². The summed E-state index contributed by atoms with van der Waals surface area (Å²) in [5.41, 5.74) is 6.35. The lowest BCUT2D eigenvalue weighted by molar-refractivity contribution is -0.276. The third-order valence-corrected chi connectivity index (χ3v) is 12.4. The number of urea groups is 1. The number of carbonyl (C=O) groups excluding carboxylic acids is 1. The number of amides is 2. The topological polar surface area (TPSA) is 83.1 Å². The van der Waals surface area contributed by atoms with Gasteiger partial charge in [-0.2, -0.15) is 0 Å². The van der Waals surface area contributed by atoms with Crippen LogP contribution in [0.4, 0.5) is 4.79 Å². The van der Waals surface area contributed by atoms with Gasteiger partial charge in [-0.3, -0.25) is 0 Å². The van der Waals surface area contributed by atoms with E-state index < -0.39 is 6.29 Å². The van der Waals surface area contributed by atoms with Gasteiger partial charge in [0.05, 0.1) is 18.8 Å². The Balaban J connectivity index is 0.960. The third-order valence-electron chi connectivity index (χ3n) is 12.4. The summed E-state index contributed by atoms with van der Waals surface area (Å²) >= 11 is 0. The van der Waals surface area contributed by atoms with Gasteiger partial charge in [0.1, 0.15) is 0 Å². The highest BCUT2D eigenvalue weighted by molar-refractivity contribution is 5.76. The number of likely N-dealkylation sites (tertiary alicyclic amines) is 1. The van der Waals surface area contributed by atoms with Gasteiger partial charge in [0.2, 0.25) is 0 Å². The molecule has 0 spiro atoms. The molecule has 4 bridgehead atoms. The average molecular weight is 664 g/mol. The van der Waals surface area contributed by atoms with E-state index in [9.17, 15) is 9.90 Å². The highest BCUT2D eigenvalue weighted by Gasteiger charge is 2.51. The van der Waals surface area contributed by atoms with Crippen molar-refractivity contribution in [3.63, 3.8) is 0 Å². The Kier molecular flexibility index (Phi) is 9.53. The van der Waals surface area contributed by atoms with Gasteiger partial charge in [0, 0.05) is 30.1 Å². The normalized spacial score (nSPS) is 32.6. The Bertz CT molecular complexity index is 1550. The fourth-order valence-electron chi connectivity index (χ4n) is 10.2. The number of hydrogen-bond acceptors (Lipinski definition) is 5. The molecule has 2 aliphatic heterocycles. The number of nitrogens with one attached hydrogen (secondary N) is 2. The Hall–Kier alpha value is -3.23. The average Bonchev–Trinajstić information content (AvgIpc) is 3.11. The van der Waals surface area contributed by atoms with Crippen LogP contribution in [0.2, 0.25) is 0 Å². The van der Waals surface area contributed by atoms with Crippen molar-refractivity contribution in [2.24, 2.45) is 23.7 Å². The Morgan fingerprint density at radius 3 is 2.16 bits per heavy atom.